The van der Waals surface area contributed by atoms with E-state index in [1.807, 2.05) is 0 Å². The average Bonchev–Trinajstić information content (AvgIpc) is 3.00. The van der Waals surface area contributed by atoms with Crippen LogP contribution in [0, 0.1) is 0 Å². The number of phenolic OH excluding ortho intramolecular Hbond substituents is 1. The van der Waals surface area contributed by atoms with E-state index in [0.29, 0.717) is 10.2 Å². The van der Waals surface area contributed by atoms with Crippen LogP contribution in [0.2, 0.25) is 0 Å². The second kappa shape index (κ2) is 7.13. The Hall–Kier alpha value is -2.28. The molecule has 1 aromatic carbocycles. The van der Waals surface area contributed by atoms with Crippen molar-refractivity contribution in [3.8, 4) is 5.75 Å². The average molecular weight is 367 g/mol. The van der Waals surface area contributed by atoms with Crippen LogP contribution < -0.4 is 10.6 Å². The summed E-state index contributed by atoms with van der Waals surface area (Å²) in [5, 5.41) is 14.9. The van der Waals surface area contributed by atoms with Crippen LogP contribution in [0.1, 0.15) is 23.0 Å². The number of carbonyl (C=O) groups excluding carboxylic acids is 2. The van der Waals surface area contributed by atoms with E-state index in [2.05, 4.69) is 26.6 Å². The third-order valence-electron chi connectivity index (χ3n) is 2.96. The molecule has 0 spiro atoms. The summed E-state index contributed by atoms with van der Waals surface area (Å²) >= 11 is 3.23. The number of nitrogens with one attached hydrogen (secondary N) is 2. The molecule has 1 unspecified atom stereocenters. The molecular weight excluding hydrogens is 352 g/mol. The van der Waals surface area contributed by atoms with Crippen LogP contribution in [0.15, 0.2) is 45.5 Å². The zero-order chi connectivity index (χ0) is 16.1. The largest absolute Gasteiger partial charge is 0.507 e. The molecule has 2 amide bonds. The molecule has 1 atom stereocenters. The molecule has 0 saturated heterocycles. The minimum Gasteiger partial charge on any atom is -0.507 e. The molecule has 6 nitrogen and oxygen atoms in total. The van der Waals surface area contributed by atoms with Gasteiger partial charge in [-0.1, -0.05) is 15.9 Å². The number of hydrogen-bond donors (Lipinski definition) is 3. The number of aromatic hydroxyl groups is 1. The Morgan fingerprint density at radius 2 is 2.14 bits per heavy atom. The zero-order valence-electron chi connectivity index (χ0n) is 11.8. The molecule has 1 aromatic heterocycles. The van der Waals surface area contributed by atoms with Crippen LogP contribution in [0.5, 0.6) is 5.75 Å². The number of amides is 2. The molecule has 0 bridgehead atoms. The fourth-order valence-electron chi connectivity index (χ4n) is 1.77. The third kappa shape index (κ3) is 4.11. The highest BCUT2D eigenvalue weighted by atomic mass is 79.9. The lowest BCUT2D eigenvalue weighted by atomic mass is 10.1. The number of furan rings is 1. The van der Waals surface area contributed by atoms with Crippen molar-refractivity contribution in [2.45, 2.75) is 19.5 Å². The molecular formula is C15H15BrN2O4. The van der Waals surface area contributed by atoms with Crippen molar-refractivity contribution in [2.24, 2.45) is 0 Å². The van der Waals surface area contributed by atoms with Gasteiger partial charge >= 0.3 is 0 Å². The molecule has 0 aliphatic rings. The lowest BCUT2D eigenvalue weighted by Gasteiger charge is -2.14. The quantitative estimate of drug-likeness (QED) is 0.756. The molecule has 1 heterocycles. The Balaban J connectivity index is 1.92. The Morgan fingerprint density at radius 1 is 1.36 bits per heavy atom. The molecule has 0 radical (unpaired) electrons. The van der Waals surface area contributed by atoms with E-state index in [4.69, 9.17) is 4.42 Å². The molecule has 2 rings (SSSR count). The van der Waals surface area contributed by atoms with Crippen molar-refractivity contribution in [3.05, 3.63) is 52.4 Å². The molecule has 22 heavy (non-hydrogen) atoms. The summed E-state index contributed by atoms with van der Waals surface area (Å²) in [6.07, 6.45) is 1.52. The smallest absolute Gasteiger partial charge is 0.255 e. The molecule has 0 aliphatic carbocycles. The Bertz CT molecular complexity index is 670. The lowest BCUT2D eigenvalue weighted by molar-refractivity contribution is -0.122. The summed E-state index contributed by atoms with van der Waals surface area (Å²) in [5.74, 6) is -0.404. The topological polar surface area (TPSA) is 91.6 Å². The first-order valence-electron chi connectivity index (χ1n) is 6.57. The van der Waals surface area contributed by atoms with Gasteiger partial charge in [-0.15, -0.1) is 0 Å². The SMILES string of the molecule is CC(NC(=O)c1cc(Br)ccc1O)C(=O)NCc1ccco1. The Labute approximate surface area is 135 Å². The second-order valence-corrected chi connectivity index (χ2v) is 5.57. The van der Waals surface area contributed by atoms with Crippen molar-refractivity contribution < 1.29 is 19.1 Å². The highest BCUT2D eigenvalue weighted by Gasteiger charge is 2.18. The van der Waals surface area contributed by atoms with E-state index in [1.165, 1.54) is 18.4 Å². The van der Waals surface area contributed by atoms with E-state index >= 15 is 0 Å². The van der Waals surface area contributed by atoms with E-state index in [9.17, 15) is 14.7 Å². The number of hydrogen-bond acceptors (Lipinski definition) is 4. The van der Waals surface area contributed by atoms with Gasteiger partial charge in [-0.05, 0) is 37.3 Å². The highest BCUT2D eigenvalue weighted by Crippen LogP contribution is 2.21. The van der Waals surface area contributed by atoms with Crippen molar-refractivity contribution in [1.82, 2.24) is 10.6 Å². The van der Waals surface area contributed by atoms with Crippen LogP contribution in [0.3, 0.4) is 0 Å². The number of benzene rings is 1. The maximum atomic E-state index is 12.1. The number of carbonyl (C=O) groups is 2. The first kappa shape index (κ1) is 16.1. The van der Waals surface area contributed by atoms with Crippen LogP contribution >= 0.6 is 15.9 Å². The standard InChI is InChI=1S/C15H15BrN2O4/c1-9(14(20)17-8-11-3-2-6-22-11)18-15(21)12-7-10(16)4-5-13(12)19/h2-7,9,19H,8H2,1H3,(H,17,20)(H,18,21). The Morgan fingerprint density at radius 3 is 2.82 bits per heavy atom. The summed E-state index contributed by atoms with van der Waals surface area (Å²) in [7, 11) is 0. The van der Waals surface area contributed by atoms with Crippen LogP contribution in [-0.4, -0.2) is 23.0 Å². The summed E-state index contributed by atoms with van der Waals surface area (Å²) in [6.45, 7) is 1.80. The fraction of sp³-hybridized carbons (Fsp3) is 0.200. The van der Waals surface area contributed by atoms with Gasteiger partial charge in [-0.25, -0.2) is 0 Å². The monoisotopic (exact) mass is 366 g/mol. The van der Waals surface area contributed by atoms with Gasteiger partial charge in [0.25, 0.3) is 5.91 Å². The minimum atomic E-state index is -0.749. The van der Waals surface area contributed by atoms with Gasteiger partial charge in [-0.3, -0.25) is 9.59 Å². The second-order valence-electron chi connectivity index (χ2n) is 4.65. The van der Waals surface area contributed by atoms with Gasteiger partial charge in [0.2, 0.25) is 5.91 Å². The number of halogens is 1. The first-order valence-corrected chi connectivity index (χ1v) is 7.36. The van der Waals surface area contributed by atoms with Gasteiger partial charge < -0.3 is 20.2 Å². The minimum absolute atomic E-state index is 0.0973. The van der Waals surface area contributed by atoms with Crippen molar-refractivity contribution >= 4 is 27.7 Å². The van der Waals surface area contributed by atoms with Gasteiger partial charge in [0.15, 0.2) is 0 Å². The maximum Gasteiger partial charge on any atom is 0.255 e. The van der Waals surface area contributed by atoms with Crippen molar-refractivity contribution in [3.63, 3.8) is 0 Å². The normalized spacial score (nSPS) is 11.7. The molecule has 0 fully saturated rings. The fourth-order valence-corrected chi connectivity index (χ4v) is 2.13. The summed E-state index contributed by atoms with van der Waals surface area (Å²) in [6, 6.07) is 7.22. The van der Waals surface area contributed by atoms with E-state index < -0.39 is 11.9 Å². The summed E-state index contributed by atoms with van der Waals surface area (Å²) < 4.78 is 5.76. The van der Waals surface area contributed by atoms with Gasteiger partial charge in [0.05, 0.1) is 18.4 Å². The molecule has 0 saturated carbocycles. The predicted octanol–water partition coefficient (Wildman–Crippen LogP) is 2.18. The van der Waals surface area contributed by atoms with Gasteiger partial charge in [-0.2, -0.15) is 0 Å². The highest BCUT2D eigenvalue weighted by molar-refractivity contribution is 9.10. The maximum absolute atomic E-state index is 12.1. The van der Waals surface area contributed by atoms with Crippen LogP contribution in [0.4, 0.5) is 0 Å². The number of phenols is 1. The zero-order valence-corrected chi connectivity index (χ0v) is 13.4. The van der Waals surface area contributed by atoms with Gasteiger partial charge in [0.1, 0.15) is 17.6 Å². The predicted molar refractivity (Wildman–Crippen MR) is 83.3 cm³/mol. The van der Waals surface area contributed by atoms with Crippen molar-refractivity contribution in [1.29, 1.82) is 0 Å². The molecule has 7 heteroatoms. The molecule has 116 valence electrons. The van der Waals surface area contributed by atoms with E-state index in [-0.39, 0.29) is 23.8 Å². The summed E-state index contributed by atoms with van der Waals surface area (Å²) in [5.41, 5.74) is 0.0973. The third-order valence-corrected chi connectivity index (χ3v) is 3.45. The van der Waals surface area contributed by atoms with E-state index in [1.54, 1.807) is 25.1 Å². The Kier molecular flexibility index (Phi) is 5.21. The van der Waals surface area contributed by atoms with Crippen molar-refractivity contribution in [2.75, 3.05) is 0 Å². The first-order chi connectivity index (χ1) is 10.5. The van der Waals surface area contributed by atoms with Crippen LogP contribution in [0.25, 0.3) is 0 Å². The molecule has 3 N–H and O–H groups in total. The number of rotatable bonds is 5. The summed E-state index contributed by atoms with van der Waals surface area (Å²) in [4.78, 5) is 24.0. The molecule has 0 aliphatic heterocycles. The van der Waals surface area contributed by atoms with E-state index in [0.717, 1.165) is 0 Å². The molecule has 2 aromatic rings. The van der Waals surface area contributed by atoms with Gasteiger partial charge in [0, 0.05) is 4.47 Å². The lowest BCUT2D eigenvalue weighted by Crippen LogP contribution is -2.44. The van der Waals surface area contributed by atoms with Crippen LogP contribution in [-0.2, 0) is 11.3 Å².